The summed E-state index contributed by atoms with van der Waals surface area (Å²) in [6, 6.07) is 17.5. The Bertz CT molecular complexity index is 818. The Morgan fingerprint density at radius 2 is 1.70 bits per heavy atom. The van der Waals surface area contributed by atoms with Crippen LogP contribution in [0.2, 0.25) is 5.02 Å². The van der Waals surface area contributed by atoms with E-state index < -0.39 is 0 Å². The lowest BCUT2D eigenvalue weighted by Crippen LogP contribution is -2.27. The standard InChI is InChI=1S/C19H17ClNO2/c1-21-17(10-5-14-3-8-16(20)9-4-14)13-19(23-21)15-6-11-18(22-2)12-7-15/h3-13H,1-2H3/q+1/b10-5+. The van der Waals surface area contributed by atoms with E-state index >= 15 is 0 Å². The lowest BCUT2D eigenvalue weighted by molar-refractivity contribution is -0.844. The largest absolute Gasteiger partial charge is 0.497 e. The number of aryl methyl sites for hydroxylation is 1. The van der Waals surface area contributed by atoms with E-state index in [4.69, 9.17) is 20.9 Å². The molecule has 0 N–H and O–H groups in total. The maximum absolute atomic E-state index is 5.89. The Labute approximate surface area is 140 Å². The molecule has 4 heteroatoms. The highest BCUT2D eigenvalue weighted by atomic mass is 35.5. The summed E-state index contributed by atoms with van der Waals surface area (Å²) in [7, 11) is 3.54. The molecule has 0 aliphatic rings. The Kier molecular flexibility index (Phi) is 4.49. The van der Waals surface area contributed by atoms with Gasteiger partial charge in [-0.15, -0.1) is 0 Å². The second kappa shape index (κ2) is 6.71. The van der Waals surface area contributed by atoms with E-state index in [9.17, 15) is 0 Å². The Morgan fingerprint density at radius 3 is 2.35 bits per heavy atom. The van der Waals surface area contributed by atoms with Gasteiger partial charge in [0.25, 0.3) is 5.69 Å². The first-order valence-electron chi connectivity index (χ1n) is 7.24. The molecule has 116 valence electrons. The predicted octanol–water partition coefficient (Wildman–Crippen LogP) is 4.60. The topological polar surface area (TPSA) is 26.2 Å². The number of hydrogen-bond donors (Lipinski definition) is 0. The number of benzene rings is 2. The first-order valence-corrected chi connectivity index (χ1v) is 7.62. The zero-order valence-corrected chi connectivity index (χ0v) is 13.7. The van der Waals surface area contributed by atoms with E-state index in [0.29, 0.717) is 0 Å². The minimum absolute atomic E-state index is 0.734. The molecule has 0 saturated heterocycles. The number of halogens is 1. The molecule has 1 heterocycles. The van der Waals surface area contributed by atoms with Crippen molar-refractivity contribution in [1.82, 2.24) is 0 Å². The number of ether oxygens (including phenoxy) is 1. The number of hydrogen-bond acceptors (Lipinski definition) is 2. The fourth-order valence-electron chi connectivity index (χ4n) is 2.25. The lowest BCUT2D eigenvalue weighted by Gasteiger charge is -1.98. The molecule has 3 aromatic rings. The molecule has 0 amide bonds. The first kappa shape index (κ1) is 15.4. The Hall–Kier alpha value is -2.52. The van der Waals surface area contributed by atoms with Crippen molar-refractivity contribution in [2.45, 2.75) is 0 Å². The normalized spacial score (nSPS) is 11.1. The van der Waals surface area contributed by atoms with Gasteiger partial charge in [0.1, 0.15) is 5.75 Å². The average molecular weight is 327 g/mol. The lowest BCUT2D eigenvalue weighted by atomic mass is 10.1. The van der Waals surface area contributed by atoms with Gasteiger partial charge in [0, 0.05) is 16.7 Å². The Morgan fingerprint density at radius 1 is 1.00 bits per heavy atom. The number of aromatic nitrogens is 1. The molecule has 0 aliphatic carbocycles. The van der Waals surface area contributed by atoms with Crippen LogP contribution in [0.1, 0.15) is 11.3 Å². The van der Waals surface area contributed by atoms with Crippen molar-refractivity contribution in [3.63, 3.8) is 0 Å². The van der Waals surface area contributed by atoms with Crippen LogP contribution in [0.4, 0.5) is 0 Å². The van der Waals surface area contributed by atoms with Crippen molar-refractivity contribution in [2.24, 2.45) is 7.05 Å². The Balaban J connectivity index is 1.84. The van der Waals surface area contributed by atoms with Crippen molar-refractivity contribution in [2.75, 3.05) is 7.11 Å². The summed E-state index contributed by atoms with van der Waals surface area (Å²) in [5.41, 5.74) is 3.07. The van der Waals surface area contributed by atoms with Crippen LogP contribution in [0, 0.1) is 0 Å². The van der Waals surface area contributed by atoms with Crippen LogP contribution in [0.5, 0.6) is 5.75 Å². The smallest absolute Gasteiger partial charge is 0.255 e. The third-order valence-corrected chi connectivity index (χ3v) is 3.82. The molecule has 0 radical (unpaired) electrons. The maximum atomic E-state index is 5.89. The second-order valence-corrected chi connectivity index (χ2v) is 5.57. The highest BCUT2D eigenvalue weighted by Gasteiger charge is 2.14. The van der Waals surface area contributed by atoms with Crippen LogP contribution in [0.3, 0.4) is 0 Å². The zero-order chi connectivity index (χ0) is 16.2. The van der Waals surface area contributed by atoms with Crippen molar-refractivity contribution >= 4 is 23.8 Å². The SMILES string of the molecule is COc1ccc(-c2cc(/C=C/c3ccc(Cl)cc3)[n+](C)o2)cc1. The van der Waals surface area contributed by atoms with Crippen molar-refractivity contribution in [1.29, 1.82) is 0 Å². The van der Waals surface area contributed by atoms with Gasteiger partial charge in [0.15, 0.2) is 7.05 Å². The molecule has 0 saturated carbocycles. The predicted molar refractivity (Wildman–Crippen MR) is 92.3 cm³/mol. The number of methoxy groups -OCH3 is 1. The molecular formula is C19H17ClNO2+. The van der Waals surface area contributed by atoms with Crippen LogP contribution in [0.15, 0.2) is 59.1 Å². The van der Waals surface area contributed by atoms with E-state index in [1.165, 1.54) is 0 Å². The molecule has 0 spiro atoms. The van der Waals surface area contributed by atoms with Crippen molar-refractivity contribution < 1.29 is 14.0 Å². The van der Waals surface area contributed by atoms with E-state index in [1.807, 2.05) is 73.8 Å². The molecule has 0 aliphatic heterocycles. The van der Waals surface area contributed by atoms with Crippen molar-refractivity contribution in [3.8, 4) is 17.1 Å². The molecule has 0 atom stereocenters. The fourth-order valence-corrected chi connectivity index (χ4v) is 2.38. The van der Waals surface area contributed by atoms with Crippen LogP contribution in [0.25, 0.3) is 23.5 Å². The maximum Gasteiger partial charge on any atom is 0.255 e. The highest BCUT2D eigenvalue weighted by Crippen LogP contribution is 2.23. The summed E-state index contributed by atoms with van der Waals surface area (Å²) in [5.74, 6) is 1.64. The van der Waals surface area contributed by atoms with Gasteiger partial charge in [0.2, 0.25) is 5.76 Å². The minimum atomic E-state index is 0.734. The third-order valence-electron chi connectivity index (χ3n) is 3.57. The van der Waals surface area contributed by atoms with Gasteiger partial charge in [-0.2, -0.15) is 0 Å². The zero-order valence-electron chi connectivity index (χ0n) is 13.0. The highest BCUT2D eigenvalue weighted by molar-refractivity contribution is 6.30. The van der Waals surface area contributed by atoms with Crippen LogP contribution in [-0.4, -0.2) is 7.11 Å². The molecule has 3 rings (SSSR count). The summed E-state index contributed by atoms with van der Waals surface area (Å²) in [4.78, 5) is 0. The van der Waals surface area contributed by atoms with Gasteiger partial charge >= 0.3 is 0 Å². The third kappa shape index (κ3) is 3.63. The van der Waals surface area contributed by atoms with Gasteiger partial charge in [-0.05, 0) is 52.8 Å². The molecule has 0 fully saturated rings. The molecule has 0 bridgehead atoms. The van der Waals surface area contributed by atoms with E-state index in [0.717, 1.165) is 33.4 Å². The second-order valence-electron chi connectivity index (χ2n) is 5.14. The summed E-state index contributed by atoms with van der Waals surface area (Å²) in [6.07, 6.45) is 4.04. The minimum Gasteiger partial charge on any atom is -0.497 e. The first-order chi connectivity index (χ1) is 11.2. The average Bonchev–Trinajstić information content (AvgIpc) is 2.95. The summed E-state index contributed by atoms with van der Waals surface area (Å²) < 4.78 is 12.7. The monoisotopic (exact) mass is 326 g/mol. The number of nitrogens with zero attached hydrogens (tertiary/aromatic N) is 1. The summed E-state index contributed by atoms with van der Waals surface area (Å²) >= 11 is 5.89. The molecular weight excluding hydrogens is 310 g/mol. The number of rotatable bonds is 4. The molecule has 0 unspecified atom stereocenters. The summed E-state index contributed by atoms with van der Waals surface area (Å²) in [5, 5.41) is 0.734. The van der Waals surface area contributed by atoms with E-state index in [2.05, 4.69) is 0 Å². The van der Waals surface area contributed by atoms with Gasteiger partial charge in [-0.1, -0.05) is 23.7 Å². The van der Waals surface area contributed by atoms with E-state index in [1.54, 1.807) is 11.8 Å². The fraction of sp³-hybridized carbons (Fsp3) is 0.105. The van der Waals surface area contributed by atoms with Crippen molar-refractivity contribution in [3.05, 3.63) is 70.9 Å². The quantitative estimate of drug-likeness (QED) is 0.655. The molecule has 23 heavy (non-hydrogen) atoms. The van der Waals surface area contributed by atoms with Gasteiger partial charge in [-0.3, -0.25) is 0 Å². The van der Waals surface area contributed by atoms with Gasteiger partial charge in [0.05, 0.1) is 13.2 Å². The molecule has 3 nitrogen and oxygen atoms in total. The molecule has 2 aromatic carbocycles. The van der Waals surface area contributed by atoms with E-state index in [-0.39, 0.29) is 0 Å². The van der Waals surface area contributed by atoms with Gasteiger partial charge in [-0.25, -0.2) is 4.52 Å². The summed E-state index contributed by atoms with van der Waals surface area (Å²) in [6.45, 7) is 0. The van der Waals surface area contributed by atoms with Gasteiger partial charge < -0.3 is 4.74 Å². The molecule has 1 aromatic heterocycles. The van der Waals surface area contributed by atoms with Crippen LogP contribution in [-0.2, 0) is 7.05 Å². The van der Waals surface area contributed by atoms with Crippen LogP contribution >= 0.6 is 11.6 Å². The van der Waals surface area contributed by atoms with Crippen LogP contribution < -0.4 is 9.48 Å².